The smallest absolute Gasteiger partial charge is 0.431 e. The Hall–Kier alpha value is -1.11. The Balaban J connectivity index is 2.64. The van der Waals surface area contributed by atoms with Crippen LogP contribution >= 0.6 is 0 Å². The molecule has 1 aromatic rings. The van der Waals surface area contributed by atoms with Crippen molar-refractivity contribution < 1.29 is 31.5 Å². The van der Waals surface area contributed by atoms with Crippen molar-refractivity contribution >= 4 is 0 Å². The van der Waals surface area contributed by atoms with Gasteiger partial charge in [-0.05, 0) is 12.1 Å². The first kappa shape index (κ1) is 9.45. The van der Waals surface area contributed by atoms with Gasteiger partial charge < -0.3 is 9.52 Å². The van der Waals surface area contributed by atoms with Gasteiger partial charge in [0, 0.05) is 0 Å². The molecular weight excluding hydrogens is 211 g/mol. The molecule has 2 rings (SSSR count). The van der Waals surface area contributed by atoms with Crippen LogP contribution in [0.1, 0.15) is 11.5 Å². The van der Waals surface area contributed by atoms with Crippen LogP contribution in [0.4, 0.5) is 22.0 Å². The van der Waals surface area contributed by atoms with Gasteiger partial charge in [0.15, 0.2) is 11.5 Å². The molecule has 0 saturated heterocycles. The van der Waals surface area contributed by atoms with E-state index in [9.17, 15) is 22.0 Å². The van der Waals surface area contributed by atoms with Crippen molar-refractivity contribution in [1.82, 2.24) is 0 Å². The maximum atomic E-state index is 13.0. The highest BCUT2D eigenvalue weighted by Crippen LogP contribution is 2.59. The maximum Gasteiger partial charge on any atom is 0.431 e. The molecule has 1 aliphatic rings. The van der Waals surface area contributed by atoms with Gasteiger partial charge in [-0.25, -0.2) is 0 Å². The topological polar surface area (TPSA) is 33.4 Å². The van der Waals surface area contributed by atoms with E-state index < -0.39 is 29.2 Å². The lowest BCUT2D eigenvalue weighted by atomic mass is 9.89. The standard InChI is InChI=1S/C7H3F5O2/c8-6(9)4-2-1-3(14-4)5(6,13)7(10,11)12/h1-2,13H. The number of rotatable bonds is 0. The first-order valence-electron chi connectivity index (χ1n) is 3.49. The SMILES string of the molecule is OC1(C(F)(F)F)c2ccc(o2)C1(F)F. The number of hydrogen-bond donors (Lipinski definition) is 1. The van der Waals surface area contributed by atoms with Gasteiger partial charge in [0.25, 0.3) is 5.60 Å². The molecule has 0 aromatic carbocycles. The van der Waals surface area contributed by atoms with Gasteiger partial charge in [-0.15, -0.1) is 0 Å². The van der Waals surface area contributed by atoms with E-state index in [0.29, 0.717) is 12.1 Å². The van der Waals surface area contributed by atoms with E-state index in [1.807, 2.05) is 0 Å². The van der Waals surface area contributed by atoms with E-state index in [-0.39, 0.29) is 0 Å². The molecule has 0 radical (unpaired) electrons. The molecule has 7 heteroatoms. The summed E-state index contributed by atoms with van der Waals surface area (Å²) in [5, 5.41) is 8.94. The zero-order valence-electron chi connectivity index (χ0n) is 6.40. The Morgan fingerprint density at radius 2 is 1.64 bits per heavy atom. The van der Waals surface area contributed by atoms with Gasteiger partial charge in [-0.2, -0.15) is 22.0 Å². The first-order valence-corrected chi connectivity index (χ1v) is 3.49. The summed E-state index contributed by atoms with van der Waals surface area (Å²) in [7, 11) is 0. The average Bonchev–Trinajstić information content (AvgIpc) is 2.52. The van der Waals surface area contributed by atoms with Crippen molar-refractivity contribution in [3.63, 3.8) is 0 Å². The minimum Gasteiger partial charge on any atom is -0.456 e. The summed E-state index contributed by atoms with van der Waals surface area (Å²) in [6.07, 6.45) is -5.47. The van der Waals surface area contributed by atoms with Gasteiger partial charge in [0.05, 0.1) is 0 Å². The van der Waals surface area contributed by atoms with Crippen molar-refractivity contribution in [2.75, 3.05) is 0 Å². The van der Waals surface area contributed by atoms with Crippen LogP contribution in [0.5, 0.6) is 0 Å². The second-order valence-corrected chi connectivity index (χ2v) is 2.95. The second kappa shape index (κ2) is 2.10. The predicted molar refractivity (Wildman–Crippen MR) is 32.6 cm³/mol. The number of alkyl halides is 5. The predicted octanol–water partition coefficient (Wildman–Crippen LogP) is 2.13. The first-order chi connectivity index (χ1) is 6.21. The van der Waals surface area contributed by atoms with E-state index in [4.69, 9.17) is 5.11 Å². The minimum absolute atomic E-state index is 0.681. The molecule has 2 bridgehead atoms. The molecule has 1 aromatic heterocycles. The van der Waals surface area contributed by atoms with E-state index in [1.54, 1.807) is 0 Å². The highest BCUT2D eigenvalue weighted by Gasteiger charge is 2.77. The third-order valence-corrected chi connectivity index (χ3v) is 2.14. The van der Waals surface area contributed by atoms with Crippen molar-refractivity contribution in [2.45, 2.75) is 17.7 Å². The van der Waals surface area contributed by atoms with Crippen LogP contribution < -0.4 is 0 Å². The molecule has 2 heterocycles. The molecule has 0 spiro atoms. The fourth-order valence-electron chi connectivity index (χ4n) is 1.35. The molecule has 1 N–H and O–H groups in total. The van der Waals surface area contributed by atoms with E-state index >= 15 is 0 Å². The van der Waals surface area contributed by atoms with Crippen LogP contribution in [0.2, 0.25) is 0 Å². The molecule has 0 amide bonds. The van der Waals surface area contributed by atoms with Crippen molar-refractivity contribution in [3.8, 4) is 0 Å². The van der Waals surface area contributed by atoms with Crippen LogP contribution in [-0.2, 0) is 11.5 Å². The van der Waals surface area contributed by atoms with Crippen LogP contribution in [-0.4, -0.2) is 11.3 Å². The Morgan fingerprint density at radius 3 is 1.93 bits per heavy atom. The van der Waals surface area contributed by atoms with Gasteiger partial charge in [0.2, 0.25) is 0 Å². The molecule has 1 unspecified atom stereocenters. The molecule has 14 heavy (non-hydrogen) atoms. The van der Waals surface area contributed by atoms with Gasteiger partial charge >= 0.3 is 12.1 Å². The monoisotopic (exact) mass is 214 g/mol. The average molecular weight is 214 g/mol. The van der Waals surface area contributed by atoms with E-state index in [2.05, 4.69) is 4.42 Å². The summed E-state index contributed by atoms with van der Waals surface area (Å²) >= 11 is 0. The largest absolute Gasteiger partial charge is 0.456 e. The Kier molecular flexibility index (Phi) is 1.42. The zero-order valence-corrected chi connectivity index (χ0v) is 6.40. The second-order valence-electron chi connectivity index (χ2n) is 2.95. The Morgan fingerprint density at radius 1 is 1.14 bits per heavy atom. The van der Waals surface area contributed by atoms with Gasteiger partial charge in [-0.3, -0.25) is 0 Å². The number of hydrogen-bond acceptors (Lipinski definition) is 2. The lowest BCUT2D eigenvalue weighted by Crippen LogP contribution is -2.52. The summed E-state index contributed by atoms with van der Waals surface area (Å²) in [6, 6.07) is 1.38. The molecule has 0 fully saturated rings. The zero-order chi connectivity index (χ0) is 10.8. The summed E-state index contributed by atoms with van der Waals surface area (Å²) in [4.78, 5) is 0. The number of furan rings is 1. The minimum atomic E-state index is -5.47. The number of fused-ring (bicyclic) bond motifs is 2. The van der Waals surface area contributed by atoms with Crippen molar-refractivity contribution in [1.29, 1.82) is 0 Å². The third kappa shape index (κ3) is 0.742. The summed E-state index contributed by atoms with van der Waals surface area (Å²) in [5.41, 5.74) is -4.22. The summed E-state index contributed by atoms with van der Waals surface area (Å²) in [6.45, 7) is 0. The summed E-state index contributed by atoms with van der Waals surface area (Å²) in [5.74, 6) is -6.80. The van der Waals surface area contributed by atoms with Crippen LogP contribution in [0.25, 0.3) is 0 Å². The quantitative estimate of drug-likeness (QED) is 0.671. The van der Waals surface area contributed by atoms with E-state index in [1.165, 1.54) is 0 Å². The maximum absolute atomic E-state index is 13.0. The number of halogens is 5. The van der Waals surface area contributed by atoms with Gasteiger partial charge in [0.1, 0.15) is 0 Å². The molecule has 1 atom stereocenters. The molecule has 1 aliphatic heterocycles. The molecule has 2 nitrogen and oxygen atoms in total. The fraction of sp³-hybridized carbons (Fsp3) is 0.429. The van der Waals surface area contributed by atoms with E-state index in [0.717, 1.165) is 0 Å². The van der Waals surface area contributed by atoms with Crippen molar-refractivity contribution in [3.05, 3.63) is 23.7 Å². The Bertz CT molecular complexity index is 380. The normalized spacial score (nSPS) is 29.6. The molecule has 0 aliphatic carbocycles. The third-order valence-electron chi connectivity index (χ3n) is 2.14. The highest BCUT2D eigenvalue weighted by molar-refractivity contribution is 5.32. The Labute approximate surface area is 73.9 Å². The number of aliphatic hydroxyl groups is 1. The van der Waals surface area contributed by atoms with Crippen LogP contribution in [0.15, 0.2) is 16.5 Å². The molecule has 0 saturated carbocycles. The summed E-state index contributed by atoms with van der Waals surface area (Å²) < 4.78 is 66.8. The van der Waals surface area contributed by atoms with Gasteiger partial charge in [-0.1, -0.05) is 0 Å². The van der Waals surface area contributed by atoms with Crippen LogP contribution in [0, 0.1) is 0 Å². The highest BCUT2D eigenvalue weighted by atomic mass is 19.4. The van der Waals surface area contributed by atoms with Crippen molar-refractivity contribution in [2.24, 2.45) is 0 Å². The lowest BCUT2D eigenvalue weighted by molar-refractivity contribution is -0.342. The van der Waals surface area contributed by atoms with Crippen LogP contribution in [0.3, 0.4) is 0 Å². The lowest BCUT2D eigenvalue weighted by Gasteiger charge is -2.30. The molecule has 78 valence electrons. The molecular formula is C7H3F5O2. The fourth-order valence-corrected chi connectivity index (χ4v) is 1.35.